The first-order valence-corrected chi connectivity index (χ1v) is 5.24. The van der Waals surface area contributed by atoms with Crippen molar-refractivity contribution in [2.45, 2.75) is 19.3 Å². The normalized spacial score (nSPS) is 12.0. The van der Waals surface area contributed by atoms with Crippen molar-refractivity contribution in [1.29, 1.82) is 5.26 Å². The first-order chi connectivity index (χ1) is 6.34. The second-order valence-corrected chi connectivity index (χ2v) is 3.80. The van der Waals surface area contributed by atoms with Gasteiger partial charge in [-0.25, -0.2) is 0 Å². The molecule has 2 nitrogen and oxygen atoms in total. The molecule has 0 bridgehead atoms. The van der Waals surface area contributed by atoms with Crippen molar-refractivity contribution in [3.63, 3.8) is 0 Å². The second kappa shape index (κ2) is 5.60. The molecule has 1 atom stereocenters. The third kappa shape index (κ3) is 3.47. The molecule has 0 saturated heterocycles. The van der Waals surface area contributed by atoms with E-state index in [0.717, 1.165) is 12.2 Å². The molecular formula is C10H12N2S. The monoisotopic (exact) mass is 192 g/mol. The van der Waals surface area contributed by atoms with Crippen molar-refractivity contribution in [2.75, 3.05) is 5.75 Å². The van der Waals surface area contributed by atoms with Gasteiger partial charge in [0, 0.05) is 18.1 Å². The predicted molar refractivity (Wildman–Crippen MR) is 55.3 cm³/mol. The number of pyridine rings is 1. The molecule has 1 unspecified atom stereocenters. The van der Waals surface area contributed by atoms with Gasteiger partial charge in [0.15, 0.2) is 0 Å². The van der Waals surface area contributed by atoms with Crippen LogP contribution in [-0.2, 0) is 0 Å². The van der Waals surface area contributed by atoms with Crippen LogP contribution in [0.25, 0.3) is 0 Å². The highest BCUT2D eigenvalue weighted by atomic mass is 32.2. The first kappa shape index (κ1) is 10.1. The summed E-state index contributed by atoms with van der Waals surface area (Å²) in [6.07, 6.45) is 4.70. The average Bonchev–Trinajstić information content (AvgIpc) is 2.19. The van der Waals surface area contributed by atoms with Crippen molar-refractivity contribution >= 4 is 11.8 Å². The Kier molecular flexibility index (Phi) is 4.34. The van der Waals surface area contributed by atoms with Crippen LogP contribution in [0.5, 0.6) is 0 Å². The Hall–Kier alpha value is -1.01. The van der Waals surface area contributed by atoms with E-state index >= 15 is 0 Å². The number of nitrogens with zero attached hydrogens (tertiary/aromatic N) is 2. The van der Waals surface area contributed by atoms with Gasteiger partial charge in [-0.3, -0.25) is 4.98 Å². The SMILES string of the molecule is CC(CCSC#N)c1cccnc1. The third-order valence-corrected chi connectivity index (χ3v) is 2.54. The van der Waals surface area contributed by atoms with Crippen molar-refractivity contribution in [3.8, 4) is 5.40 Å². The van der Waals surface area contributed by atoms with Crippen LogP contribution < -0.4 is 0 Å². The Morgan fingerprint density at radius 3 is 3.15 bits per heavy atom. The lowest BCUT2D eigenvalue weighted by Crippen LogP contribution is -1.95. The molecule has 1 heterocycles. The van der Waals surface area contributed by atoms with Gasteiger partial charge in [0.1, 0.15) is 5.40 Å². The van der Waals surface area contributed by atoms with Crippen molar-refractivity contribution < 1.29 is 0 Å². The molecule has 0 N–H and O–H groups in total. The molecule has 68 valence electrons. The molecule has 0 aliphatic carbocycles. The maximum atomic E-state index is 8.35. The van der Waals surface area contributed by atoms with Gasteiger partial charge in [0.2, 0.25) is 0 Å². The fourth-order valence-electron chi connectivity index (χ4n) is 1.12. The summed E-state index contributed by atoms with van der Waals surface area (Å²) in [5, 5.41) is 10.4. The Bertz CT molecular complexity index is 279. The van der Waals surface area contributed by atoms with Crippen LogP contribution in [0, 0.1) is 10.7 Å². The highest BCUT2D eigenvalue weighted by Crippen LogP contribution is 2.19. The smallest absolute Gasteiger partial charge is 0.133 e. The van der Waals surface area contributed by atoms with Crippen LogP contribution in [0.3, 0.4) is 0 Å². The van der Waals surface area contributed by atoms with Gasteiger partial charge in [-0.15, -0.1) is 0 Å². The Labute approximate surface area is 83.0 Å². The molecule has 0 aromatic carbocycles. The van der Waals surface area contributed by atoms with E-state index in [2.05, 4.69) is 23.4 Å². The van der Waals surface area contributed by atoms with Gasteiger partial charge < -0.3 is 0 Å². The number of thioether (sulfide) groups is 1. The molecule has 1 aromatic rings. The summed E-state index contributed by atoms with van der Waals surface area (Å²) < 4.78 is 0. The standard InChI is InChI=1S/C10H12N2S/c1-9(4-6-13-8-11)10-3-2-5-12-7-10/h2-3,5,7,9H,4,6H2,1H3. The molecule has 13 heavy (non-hydrogen) atoms. The summed E-state index contributed by atoms with van der Waals surface area (Å²) in [7, 11) is 0. The second-order valence-electron chi connectivity index (χ2n) is 2.92. The van der Waals surface area contributed by atoms with Crippen molar-refractivity contribution in [2.24, 2.45) is 0 Å². The quantitative estimate of drug-likeness (QED) is 0.543. The van der Waals surface area contributed by atoms with Crippen LogP contribution in [0.15, 0.2) is 24.5 Å². The summed E-state index contributed by atoms with van der Waals surface area (Å²) in [5.41, 5.74) is 1.25. The largest absolute Gasteiger partial charge is 0.264 e. The van der Waals surface area contributed by atoms with E-state index in [1.165, 1.54) is 17.3 Å². The molecule has 0 radical (unpaired) electrons. The predicted octanol–water partition coefficient (Wildman–Crippen LogP) is 2.79. The number of aromatic nitrogens is 1. The summed E-state index contributed by atoms with van der Waals surface area (Å²) in [6, 6.07) is 4.03. The minimum absolute atomic E-state index is 0.495. The maximum Gasteiger partial charge on any atom is 0.133 e. The molecular weight excluding hydrogens is 180 g/mol. The van der Waals surface area contributed by atoms with Crippen molar-refractivity contribution in [1.82, 2.24) is 4.98 Å². The Morgan fingerprint density at radius 2 is 2.54 bits per heavy atom. The number of nitriles is 1. The van der Waals surface area contributed by atoms with E-state index in [1.807, 2.05) is 12.3 Å². The van der Waals surface area contributed by atoms with E-state index in [0.29, 0.717) is 5.92 Å². The minimum atomic E-state index is 0.495. The Morgan fingerprint density at radius 1 is 1.69 bits per heavy atom. The first-order valence-electron chi connectivity index (χ1n) is 4.25. The molecule has 0 amide bonds. The minimum Gasteiger partial charge on any atom is -0.264 e. The van der Waals surface area contributed by atoms with Crippen LogP contribution in [0.2, 0.25) is 0 Å². The van der Waals surface area contributed by atoms with E-state index in [9.17, 15) is 0 Å². The van der Waals surface area contributed by atoms with Gasteiger partial charge in [-0.2, -0.15) is 5.26 Å². The summed E-state index contributed by atoms with van der Waals surface area (Å²) in [6.45, 7) is 2.16. The van der Waals surface area contributed by atoms with Crippen LogP contribution >= 0.6 is 11.8 Å². The van der Waals surface area contributed by atoms with Gasteiger partial charge in [-0.05, 0) is 35.7 Å². The number of thiocyanates is 1. The molecule has 3 heteroatoms. The molecule has 1 aromatic heterocycles. The van der Waals surface area contributed by atoms with Crippen LogP contribution in [0.1, 0.15) is 24.8 Å². The molecule has 0 fully saturated rings. The summed E-state index contributed by atoms with van der Waals surface area (Å²) in [4.78, 5) is 4.06. The van der Waals surface area contributed by atoms with Crippen molar-refractivity contribution in [3.05, 3.63) is 30.1 Å². The molecule has 0 aliphatic rings. The summed E-state index contributed by atoms with van der Waals surface area (Å²) >= 11 is 1.32. The lowest BCUT2D eigenvalue weighted by Gasteiger charge is -2.08. The zero-order valence-electron chi connectivity index (χ0n) is 7.60. The fraction of sp³-hybridized carbons (Fsp3) is 0.400. The Balaban J connectivity index is 2.41. The van der Waals surface area contributed by atoms with Gasteiger partial charge in [-0.1, -0.05) is 13.0 Å². The maximum absolute atomic E-state index is 8.35. The topological polar surface area (TPSA) is 36.7 Å². The highest BCUT2D eigenvalue weighted by Gasteiger charge is 2.04. The van der Waals surface area contributed by atoms with Gasteiger partial charge in [0.05, 0.1) is 0 Å². The third-order valence-electron chi connectivity index (χ3n) is 1.97. The van der Waals surface area contributed by atoms with E-state index in [4.69, 9.17) is 5.26 Å². The van der Waals surface area contributed by atoms with Crippen LogP contribution in [0.4, 0.5) is 0 Å². The van der Waals surface area contributed by atoms with Gasteiger partial charge >= 0.3 is 0 Å². The number of hydrogen-bond acceptors (Lipinski definition) is 3. The number of rotatable bonds is 4. The molecule has 0 spiro atoms. The number of hydrogen-bond donors (Lipinski definition) is 0. The lowest BCUT2D eigenvalue weighted by molar-refractivity contribution is 0.737. The van der Waals surface area contributed by atoms with Crippen LogP contribution in [-0.4, -0.2) is 10.7 Å². The average molecular weight is 192 g/mol. The van der Waals surface area contributed by atoms with E-state index < -0.39 is 0 Å². The fourth-order valence-corrected chi connectivity index (χ4v) is 1.68. The van der Waals surface area contributed by atoms with Gasteiger partial charge in [0.25, 0.3) is 0 Å². The zero-order chi connectivity index (χ0) is 9.52. The zero-order valence-corrected chi connectivity index (χ0v) is 8.42. The summed E-state index contributed by atoms with van der Waals surface area (Å²) in [5.74, 6) is 1.39. The molecule has 0 saturated carbocycles. The van der Waals surface area contributed by atoms with E-state index in [-0.39, 0.29) is 0 Å². The molecule has 0 aliphatic heterocycles. The highest BCUT2D eigenvalue weighted by molar-refractivity contribution is 8.03. The van der Waals surface area contributed by atoms with E-state index in [1.54, 1.807) is 6.20 Å². The molecule has 1 rings (SSSR count). The lowest BCUT2D eigenvalue weighted by atomic mass is 10.0.